The lowest BCUT2D eigenvalue weighted by Gasteiger charge is -2.33. The Morgan fingerprint density at radius 3 is 2.50 bits per heavy atom. The maximum Gasteiger partial charge on any atom is 0.163 e. The highest BCUT2D eigenvalue weighted by Gasteiger charge is 2.25. The van der Waals surface area contributed by atoms with Crippen molar-refractivity contribution in [3.05, 3.63) is 0 Å². The Morgan fingerprint density at radius 2 is 2.00 bits per heavy atom. The van der Waals surface area contributed by atoms with Crippen LogP contribution in [0.1, 0.15) is 26.2 Å². The van der Waals surface area contributed by atoms with E-state index in [-0.39, 0.29) is 12.6 Å². The molecule has 1 aliphatic rings. The van der Waals surface area contributed by atoms with Crippen molar-refractivity contribution in [3.63, 3.8) is 0 Å². The Hall–Kier alpha value is -0.120. The highest BCUT2D eigenvalue weighted by Crippen LogP contribution is 2.20. The van der Waals surface area contributed by atoms with Crippen LogP contribution < -0.4 is 5.73 Å². The number of hydrogen-bond acceptors (Lipinski definition) is 3. The first-order chi connectivity index (χ1) is 4.83. The van der Waals surface area contributed by atoms with Crippen LogP contribution in [0.3, 0.4) is 0 Å². The molecule has 0 radical (unpaired) electrons. The van der Waals surface area contributed by atoms with Gasteiger partial charge in [-0.05, 0) is 32.7 Å². The predicted molar refractivity (Wildman–Crippen MR) is 38.3 cm³/mol. The Morgan fingerprint density at radius 1 is 1.30 bits per heavy atom. The van der Waals surface area contributed by atoms with E-state index in [1.165, 1.54) is 0 Å². The summed E-state index contributed by atoms with van der Waals surface area (Å²) in [7, 11) is 0. The standard InChI is InChI=1S/C7H15NO2/c1-6-9-7(10-6)4-2-3-5-8/h6-7H,2-5,8H2,1H3. The normalized spacial score (nSPS) is 31.8. The molecule has 0 aromatic heterocycles. The maximum atomic E-state index is 5.32. The summed E-state index contributed by atoms with van der Waals surface area (Å²) in [6.07, 6.45) is 3.23. The fourth-order valence-corrected chi connectivity index (χ4v) is 1.03. The van der Waals surface area contributed by atoms with Gasteiger partial charge in [0.2, 0.25) is 0 Å². The van der Waals surface area contributed by atoms with Crippen LogP contribution in [-0.2, 0) is 9.47 Å². The molecule has 3 heteroatoms. The number of nitrogens with two attached hydrogens (primary N) is 1. The average molecular weight is 145 g/mol. The minimum atomic E-state index is 0.0166. The minimum Gasteiger partial charge on any atom is -0.330 e. The molecule has 0 aliphatic carbocycles. The zero-order valence-electron chi connectivity index (χ0n) is 6.38. The highest BCUT2D eigenvalue weighted by atomic mass is 16.9. The van der Waals surface area contributed by atoms with Gasteiger partial charge >= 0.3 is 0 Å². The topological polar surface area (TPSA) is 44.5 Å². The zero-order chi connectivity index (χ0) is 7.40. The van der Waals surface area contributed by atoms with Crippen molar-refractivity contribution < 1.29 is 9.47 Å². The van der Waals surface area contributed by atoms with Gasteiger partial charge in [-0.1, -0.05) is 0 Å². The van der Waals surface area contributed by atoms with Crippen LogP contribution in [0.15, 0.2) is 0 Å². The van der Waals surface area contributed by atoms with Crippen molar-refractivity contribution in [1.82, 2.24) is 0 Å². The maximum absolute atomic E-state index is 5.32. The van der Waals surface area contributed by atoms with Crippen LogP contribution in [0, 0.1) is 0 Å². The molecule has 10 heavy (non-hydrogen) atoms. The predicted octanol–water partition coefficient (Wildman–Crippen LogP) is 0.834. The van der Waals surface area contributed by atoms with E-state index < -0.39 is 0 Å². The smallest absolute Gasteiger partial charge is 0.163 e. The first-order valence-corrected chi connectivity index (χ1v) is 3.84. The van der Waals surface area contributed by atoms with Crippen LogP contribution in [0.4, 0.5) is 0 Å². The summed E-state index contributed by atoms with van der Waals surface area (Å²) in [5.74, 6) is 0. The number of unbranched alkanes of at least 4 members (excludes halogenated alkanes) is 1. The first kappa shape index (κ1) is 7.98. The molecule has 0 aromatic carbocycles. The van der Waals surface area contributed by atoms with E-state index in [9.17, 15) is 0 Å². The first-order valence-electron chi connectivity index (χ1n) is 3.84. The molecule has 1 saturated heterocycles. The SMILES string of the molecule is CC1OC(CCCCN)O1. The quantitative estimate of drug-likeness (QED) is 0.596. The van der Waals surface area contributed by atoms with Gasteiger partial charge in [0.15, 0.2) is 12.6 Å². The summed E-state index contributed by atoms with van der Waals surface area (Å²) in [5.41, 5.74) is 5.32. The third kappa shape index (κ3) is 2.25. The van der Waals surface area contributed by atoms with Gasteiger partial charge < -0.3 is 15.2 Å². The van der Waals surface area contributed by atoms with E-state index in [4.69, 9.17) is 15.2 Å². The van der Waals surface area contributed by atoms with Gasteiger partial charge in [0.1, 0.15) is 0 Å². The second kappa shape index (κ2) is 3.91. The largest absolute Gasteiger partial charge is 0.330 e. The summed E-state index contributed by atoms with van der Waals surface area (Å²) in [6, 6.07) is 0. The minimum absolute atomic E-state index is 0.0166. The van der Waals surface area contributed by atoms with E-state index >= 15 is 0 Å². The number of ether oxygens (including phenoxy) is 2. The summed E-state index contributed by atoms with van der Waals surface area (Å²) in [6.45, 7) is 2.67. The lowest BCUT2D eigenvalue weighted by Crippen LogP contribution is -2.38. The molecule has 60 valence electrons. The fraction of sp³-hybridized carbons (Fsp3) is 1.00. The molecule has 0 saturated carbocycles. The summed E-state index contributed by atoms with van der Waals surface area (Å²) >= 11 is 0. The van der Waals surface area contributed by atoms with E-state index in [0.717, 1.165) is 25.8 Å². The molecule has 0 amide bonds. The molecule has 0 spiro atoms. The van der Waals surface area contributed by atoms with Gasteiger partial charge in [-0.25, -0.2) is 0 Å². The second-order valence-electron chi connectivity index (χ2n) is 2.55. The molecule has 3 nitrogen and oxygen atoms in total. The molecular formula is C7H15NO2. The molecule has 0 atom stereocenters. The Balaban J connectivity index is 1.86. The van der Waals surface area contributed by atoms with Crippen LogP contribution in [0.2, 0.25) is 0 Å². The number of hydrogen-bond donors (Lipinski definition) is 1. The Kier molecular flexibility index (Phi) is 3.12. The van der Waals surface area contributed by atoms with Crippen molar-refractivity contribution in [3.8, 4) is 0 Å². The van der Waals surface area contributed by atoms with Gasteiger partial charge in [-0.15, -0.1) is 0 Å². The van der Waals surface area contributed by atoms with Crippen molar-refractivity contribution in [2.45, 2.75) is 38.8 Å². The van der Waals surface area contributed by atoms with E-state index in [2.05, 4.69) is 0 Å². The van der Waals surface area contributed by atoms with E-state index in [1.54, 1.807) is 0 Å². The van der Waals surface area contributed by atoms with Gasteiger partial charge in [0.05, 0.1) is 0 Å². The van der Waals surface area contributed by atoms with Gasteiger partial charge in [-0.3, -0.25) is 0 Å². The summed E-state index contributed by atoms with van der Waals surface area (Å²) < 4.78 is 10.4. The molecule has 1 rings (SSSR count). The summed E-state index contributed by atoms with van der Waals surface area (Å²) in [5, 5.41) is 0. The van der Waals surface area contributed by atoms with Crippen LogP contribution >= 0.6 is 0 Å². The molecule has 0 unspecified atom stereocenters. The molecule has 2 N–H and O–H groups in total. The molecule has 1 fully saturated rings. The van der Waals surface area contributed by atoms with E-state index in [0.29, 0.717) is 0 Å². The van der Waals surface area contributed by atoms with Crippen LogP contribution in [-0.4, -0.2) is 19.1 Å². The lowest BCUT2D eigenvalue weighted by atomic mass is 10.2. The average Bonchev–Trinajstić information content (AvgIpc) is 1.85. The lowest BCUT2D eigenvalue weighted by molar-refractivity contribution is -0.377. The third-order valence-electron chi connectivity index (χ3n) is 1.58. The van der Waals surface area contributed by atoms with Crippen molar-refractivity contribution in [2.75, 3.05) is 6.54 Å². The third-order valence-corrected chi connectivity index (χ3v) is 1.58. The summed E-state index contributed by atoms with van der Waals surface area (Å²) in [4.78, 5) is 0. The Labute approximate surface area is 61.5 Å². The van der Waals surface area contributed by atoms with Crippen molar-refractivity contribution in [2.24, 2.45) is 5.73 Å². The highest BCUT2D eigenvalue weighted by molar-refractivity contribution is 4.55. The molecule has 1 heterocycles. The van der Waals surface area contributed by atoms with Gasteiger partial charge in [0.25, 0.3) is 0 Å². The zero-order valence-corrected chi connectivity index (χ0v) is 6.38. The fourth-order valence-electron chi connectivity index (χ4n) is 1.03. The molecule has 1 aliphatic heterocycles. The van der Waals surface area contributed by atoms with Gasteiger partial charge in [0, 0.05) is 0 Å². The van der Waals surface area contributed by atoms with Crippen LogP contribution in [0.5, 0.6) is 0 Å². The number of rotatable bonds is 4. The van der Waals surface area contributed by atoms with Crippen molar-refractivity contribution >= 4 is 0 Å². The molecular weight excluding hydrogens is 130 g/mol. The molecule has 0 aromatic rings. The van der Waals surface area contributed by atoms with Gasteiger partial charge in [-0.2, -0.15) is 0 Å². The molecule has 0 bridgehead atoms. The van der Waals surface area contributed by atoms with Crippen molar-refractivity contribution in [1.29, 1.82) is 0 Å². The second-order valence-corrected chi connectivity index (χ2v) is 2.55. The Bertz CT molecular complexity index is 91.6. The monoisotopic (exact) mass is 145 g/mol. The van der Waals surface area contributed by atoms with E-state index in [1.807, 2.05) is 6.92 Å². The van der Waals surface area contributed by atoms with Crippen LogP contribution in [0.25, 0.3) is 0 Å².